The van der Waals surface area contributed by atoms with Crippen LogP contribution in [0.25, 0.3) is 0 Å². The maximum absolute atomic E-state index is 12.5. The Labute approximate surface area is 199 Å². The average Bonchev–Trinajstić information content (AvgIpc) is 3.69. The van der Waals surface area contributed by atoms with Gasteiger partial charge in [-0.3, -0.25) is 9.78 Å². The standard InChI is InChI=1S/C29H27N3O2/c33-29(32-19-21-13-15-30-16-14-21)28-18-27(28)23-9-11-24(12-10-23)31-20-22-5-4-8-26(17-22)34-25-6-2-1-3-7-25/h1-17,27-28,31H,18-20H2,(H,32,33). The number of amides is 1. The van der Waals surface area contributed by atoms with E-state index in [-0.39, 0.29) is 11.8 Å². The van der Waals surface area contributed by atoms with Crippen LogP contribution in [-0.4, -0.2) is 10.9 Å². The molecule has 0 saturated heterocycles. The van der Waals surface area contributed by atoms with Crippen molar-refractivity contribution in [2.75, 3.05) is 5.32 Å². The van der Waals surface area contributed by atoms with Crippen LogP contribution in [0.5, 0.6) is 11.5 Å². The lowest BCUT2D eigenvalue weighted by Crippen LogP contribution is -2.24. The second-order valence-corrected chi connectivity index (χ2v) is 8.56. The molecule has 2 N–H and O–H groups in total. The van der Waals surface area contributed by atoms with Gasteiger partial charge in [0.15, 0.2) is 0 Å². The molecule has 5 heteroatoms. The number of nitrogens with one attached hydrogen (secondary N) is 2. The van der Waals surface area contributed by atoms with Gasteiger partial charge in [0.25, 0.3) is 0 Å². The largest absolute Gasteiger partial charge is 0.457 e. The minimum atomic E-state index is 0.0630. The van der Waals surface area contributed by atoms with Gasteiger partial charge >= 0.3 is 0 Å². The van der Waals surface area contributed by atoms with Crippen molar-refractivity contribution in [3.05, 3.63) is 120 Å². The Morgan fingerprint density at radius 3 is 2.38 bits per heavy atom. The quantitative estimate of drug-likeness (QED) is 0.334. The number of para-hydroxylation sites is 1. The van der Waals surface area contributed by atoms with Gasteiger partial charge in [-0.15, -0.1) is 0 Å². The van der Waals surface area contributed by atoms with Crippen molar-refractivity contribution in [2.45, 2.75) is 25.4 Å². The van der Waals surface area contributed by atoms with E-state index in [4.69, 9.17) is 4.74 Å². The first-order valence-electron chi connectivity index (χ1n) is 11.6. The molecule has 170 valence electrons. The SMILES string of the molecule is O=C(NCc1ccncc1)C1CC1c1ccc(NCc2cccc(Oc3ccccc3)c2)cc1. The lowest BCUT2D eigenvalue weighted by atomic mass is 10.1. The molecule has 5 nitrogen and oxygen atoms in total. The Morgan fingerprint density at radius 1 is 0.824 bits per heavy atom. The van der Waals surface area contributed by atoms with Crippen LogP contribution in [0.1, 0.15) is 29.0 Å². The van der Waals surface area contributed by atoms with Crippen LogP contribution >= 0.6 is 0 Å². The van der Waals surface area contributed by atoms with Gasteiger partial charge in [-0.1, -0.05) is 42.5 Å². The summed E-state index contributed by atoms with van der Waals surface area (Å²) >= 11 is 0. The van der Waals surface area contributed by atoms with E-state index in [2.05, 4.69) is 45.9 Å². The molecular weight excluding hydrogens is 422 g/mol. The molecule has 0 bridgehead atoms. The smallest absolute Gasteiger partial charge is 0.224 e. The predicted octanol–water partition coefficient (Wildman–Crippen LogP) is 5.91. The second kappa shape index (κ2) is 10.2. The third-order valence-electron chi connectivity index (χ3n) is 6.06. The highest BCUT2D eigenvalue weighted by Crippen LogP contribution is 2.47. The number of hydrogen-bond acceptors (Lipinski definition) is 4. The van der Waals surface area contributed by atoms with Gasteiger partial charge in [0, 0.05) is 37.1 Å². The van der Waals surface area contributed by atoms with Gasteiger partial charge in [0.05, 0.1) is 0 Å². The zero-order valence-corrected chi connectivity index (χ0v) is 18.9. The molecule has 1 heterocycles. The molecule has 1 aliphatic rings. The minimum absolute atomic E-state index is 0.0630. The Bertz CT molecular complexity index is 1230. The van der Waals surface area contributed by atoms with Crippen molar-refractivity contribution in [2.24, 2.45) is 5.92 Å². The van der Waals surface area contributed by atoms with E-state index in [0.29, 0.717) is 19.0 Å². The van der Waals surface area contributed by atoms with Crippen molar-refractivity contribution in [1.29, 1.82) is 0 Å². The van der Waals surface area contributed by atoms with Crippen molar-refractivity contribution in [1.82, 2.24) is 10.3 Å². The van der Waals surface area contributed by atoms with Crippen molar-refractivity contribution in [3.8, 4) is 11.5 Å². The molecule has 0 spiro atoms. The molecule has 1 aliphatic carbocycles. The molecule has 3 aromatic carbocycles. The zero-order chi connectivity index (χ0) is 23.2. The Kier molecular flexibility index (Phi) is 6.52. The van der Waals surface area contributed by atoms with Crippen LogP contribution in [0.4, 0.5) is 5.69 Å². The molecule has 0 radical (unpaired) electrons. The van der Waals surface area contributed by atoms with E-state index in [1.165, 1.54) is 5.56 Å². The van der Waals surface area contributed by atoms with Crippen LogP contribution in [0, 0.1) is 5.92 Å². The lowest BCUT2D eigenvalue weighted by Gasteiger charge is -2.10. The number of carbonyl (C=O) groups is 1. The molecular formula is C29H27N3O2. The number of nitrogens with zero attached hydrogens (tertiary/aromatic N) is 1. The van der Waals surface area contributed by atoms with Gasteiger partial charge in [-0.25, -0.2) is 0 Å². The average molecular weight is 450 g/mol. The normalized spacial score (nSPS) is 16.5. The summed E-state index contributed by atoms with van der Waals surface area (Å²) < 4.78 is 5.93. The maximum atomic E-state index is 12.5. The summed E-state index contributed by atoms with van der Waals surface area (Å²) in [7, 11) is 0. The number of carbonyl (C=O) groups excluding carboxylic acids is 1. The van der Waals surface area contributed by atoms with Crippen LogP contribution in [0.3, 0.4) is 0 Å². The minimum Gasteiger partial charge on any atom is -0.457 e. The third kappa shape index (κ3) is 5.62. The third-order valence-corrected chi connectivity index (χ3v) is 6.06. The number of ether oxygens (including phenoxy) is 1. The molecule has 34 heavy (non-hydrogen) atoms. The predicted molar refractivity (Wildman–Crippen MR) is 134 cm³/mol. The summed E-state index contributed by atoms with van der Waals surface area (Å²) in [6.45, 7) is 1.25. The number of benzene rings is 3. The second-order valence-electron chi connectivity index (χ2n) is 8.56. The van der Waals surface area contributed by atoms with E-state index in [1.807, 2.05) is 60.7 Å². The first-order chi connectivity index (χ1) is 16.7. The molecule has 0 aliphatic heterocycles. The van der Waals surface area contributed by atoms with E-state index < -0.39 is 0 Å². The van der Waals surface area contributed by atoms with Crippen LogP contribution < -0.4 is 15.4 Å². The van der Waals surface area contributed by atoms with Crippen molar-refractivity contribution in [3.63, 3.8) is 0 Å². The Balaban J connectivity index is 1.11. The first kappa shape index (κ1) is 21.7. The van der Waals surface area contributed by atoms with Crippen molar-refractivity contribution < 1.29 is 9.53 Å². The van der Waals surface area contributed by atoms with Gasteiger partial charge < -0.3 is 15.4 Å². The molecule has 1 amide bonds. The Hall–Kier alpha value is -4.12. The zero-order valence-electron chi connectivity index (χ0n) is 18.9. The summed E-state index contributed by atoms with van der Waals surface area (Å²) in [6.07, 6.45) is 4.39. The number of rotatable bonds is 9. The van der Waals surface area contributed by atoms with Crippen LogP contribution in [0.15, 0.2) is 103 Å². The monoisotopic (exact) mass is 449 g/mol. The molecule has 1 aromatic heterocycles. The van der Waals surface area contributed by atoms with E-state index >= 15 is 0 Å². The maximum Gasteiger partial charge on any atom is 0.224 e. The molecule has 1 saturated carbocycles. The number of anilines is 1. The molecule has 4 aromatic rings. The fourth-order valence-corrected chi connectivity index (χ4v) is 4.07. The lowest BCUT2D eigenvalue weighted by molar-refractivity contribution is -0.122. The summed E-state index contributed by atoms with van der Waals surface area (Å²) in [5.41, 5.74) is 4.48. The van der Waals surface area contributed by atoms with Crippen LogP contribution in [0.2, 0.25) is 0 Å². The molecule has 1 fully saturated rings. The fourth-order valence-electron chi connectivity index (χ4n) is 4.07. The summed E-state index contributed by atoms with van der Waals surface area (Å²) in [6, 6.07) is 30.1. The highest BCUT2D eigenvalue weighted by Gasteiger charge is 2.43. The van der Waals surface area contributed by atoms with E-state index in [1.54, 1.807) is 12.4 Å². The van der Waals surface area contributed by atoms with E-state index in [9.17, 15) is 4.79 Å². The highest BCUT2D eigenvalue weighted by molar-refractivity contribution is 5.82. The molecule has 2 atom stereocenters. The summed E-state index contributed by atoms with van der Waals surface area (Å²) in [5, 5.41) is 6.51. The summed E-state index contributed by atoms with van der Waals surface area (Å²) in [5.74, 6) is 2.14. The molecule has 5 rings (SSSR count). The number of aromatic nitrogens is 1. The van der Waals surface area contributed by atoms with Gasteiger partial charge in [0.2, 0.25) is 5.91 Å². The Morgan fingerprint density at radius 2 is 1.59 bits per heavy atom. The highest BCUT2D eigenvalue weighted by atomic mass is 16.5. The summed E-state index contributed by atoms with van der Waals surface area (Å²) in [4.78, 5) is 16.5. The topological polar surface area (TPSA) is 63.2 Å². The number of hydrogen-bond donors (Lipinski definition) is 2. The number of pyridine rings is 1. The fraction of sp³-hybridized carbons (Fsp3) is 0.172. The molecule has 2 unspecified atom stereocenters. The van der Waals surface area contributed by atoms with Crippen LogP contribution in [-0.2, 0) is 17.9 Å². The van der Waals surface area contributed by atoms with Gasteiger partial charge in [0.1, 0.15) is 11.5 Å². The van der Waals surface area contributed by atoms with E-state index in [0.717, 1.165) is 34.7 Å². The van der Waals surface area contributed by atoms with Gasteiger partial charge in [-0.2, -0.15) is 0 Å². The first-order valence-corrected chi connectivity index (χ1v) is 11.6. The van der Waals surface area contributed by atoms with Crippen molar-refractivity contribution >= 4 is 11.6 Å². The van der Waals surface area contributed by atoms with Gasteiger partial charge in [-0.05, 0) is 77.6 Å².